The highest BCUT2D eigenvalue weighted by Gasteiger charge is 2.21. The summed E-state index contributed by atoms with van der Waals surface area (Å²) in [7, 11) is 0. The predicted molar refractivity (Wildman–Crippen MR) is 88.5 cm³/mol. The lowest BCUT2D eigenvalue weighted by Gasteiger charge is -2.19. The number of alkyl halides is 1. The van der Waals surface area contributed by atoms with Crippen LogP contribution in [0.3, 0.4) is 0 Å². The molecule has 1 aliphatic rings. The number of hydrogen-bond donors (Lipinski definition) is 0. The molecule has 0 spiro atoms. The maximum absolute atomic E-state index is 12.3. The monoisotopic (exact) mass is 331 g/mol. The molecular formula is C18H18ClNO3. The van der Waals surface area contributed by atoms with Crippen molar-refractivity contribution in [3.05, 3.63) is 65.2 Å². The molecule has 0 atom stereocenters. The summed E-state index contributed by atoms with van der Waals surface area (Å²) in [4.78, 5) is 14.0. The van der Waals surface area contributed by atoms with Crippen LogP contribution in [0, 0.1) is 0 Å². The van der Waals surface area contributed by atoms with Crippen LogP contribution in [0.2, 0.25) is 0 Å². The highest BCUT2D eigenvalue weighted by molar-refractivity contribution is 6.17. The Balaban J connectivity index is 1.66. The lowest BCUT2D eigenvalue weighted by molar-refractivity contribution is 0.0913. The highest BCUT2D eigenvalue weighted by Crippen LogP contribution is 2.25. The van der Waals surface area contributed by atoms with Crippen molar-refractivity contribution in [1.29, 1.82) is 0 Å². The van der Waals surface area contributed by atoms with E-state index in [-0.39, 0.29) is 12.7 Å². The summed E-state index contributed by atoms with van der Waals surface area (Å²) in [5.74, 6) is 1.24. The van der Waals surface area contributed by atoms with Gasteiger partial charge in [-0.2, -0.15) is 0 Å². The van der Waals surface area contributed by atoms with E-state index in [0.717, 1.165) is 22.4 Å². The van der Waals surface area contributed by atoms with Crippen LogP contribution in [-0.4, -0.2) is 24.1 Å². The van der Waals surface area contributed by atoms with Gasteiger partial charge in [-0.1, -0.05) is 36.4 Å². The standard InChI is InChI=1S/C18H18ClNO3/c19-11-15-6-7-17-16(10-15)12-20(8-9-22-17)18(21)23-13-14-4-2-1-3-5-14/h1-7,10H,8-9,11-13H2. The molecule has 0 unspecified atom stereocenters. The van der Waals surface area contributed by atoms with Gasteiger partial charge in [-0.15, -0.1) is 11.6 Å². The molecular weight excluding hydrogens is 314 g/mol. The molecule has 4 nitrogen and oxygen atoms in total. The zero-order chi connectivity index (χ0) is 16.1. The first-order chi connectivity index (χ1) is 11.3. The highest BCUT2D eigenvalue weighted by atomic mass is 35.5. The van der Waals surface area contributed by atoms with Crippen LogP contribution in [0.1, 0.15) is 16.7 Å². The number of halogens is 1. The average Bonchev–Trinajstić information content (AvgIpc) is 2.82. The van der Waals surface area contributed by atoms with Crippen molar-refractivity contribution in [2.24, 2.45) is 0 Å². The molecule has 2 aromatic carbocycles. The van der Waals surface area contributed by atoms with Crippen molar-refractivity contribution in [3.8, 4) is 5.75 Å². The Kier molecular flexibility index (Phi) is 5.03. The van der Waals surface area contributed by atoms with E-state index in [4.69, 9.17) is 21.1 Å². The zero-order valence-electron chi connectivity index (χ0n) is 12.7. The van der Waals surface area contributed by atoms with Crippen molar-refractivity contribution in [3.63, 3.8) is 0 Å². The number of amides is 1. The molecule has 0 saturated carbocycles. The number of benzene rings is 2. The fourth-order valence-corrected chi connectivity index (χ4v) is 2.66. The second-order valence-electron chi connectivity index (χ2n) is 5.39. The minimum atomic E-state index is -0.332. The molecule has 1 aliphatic heterocycles. The predicted octanol–water partition coefficient (Wildman–Crippen LogP) is 3.96. The number of rotatable bonds is 3. The first-order valence-electron chi connectivity index (χ1n) is 7.52. The zero-order valence-corrected chi connectivity index (χ0v) is 13.5. The molecule has 1 amide bonds. The van der Waals surface area contributed by atoms with E-state index in [1.165, 1.54) is 0 Å². The number of fused-ring (bicyclic) bond motifs is 1. The Hall–Kier alpha value is -2.20. The van der Waals surface area contributed by atoms with Crippen LogP contribution in [0.25, 0.3) is 0 Å². The largest absolute Gasteiger partial charge is 0.491 e. The maximum Gasteiger partial charge on any atom is 0.410 e. The molecule has 1 heterocycles. The van der Waals surface area contributed by atoms with Crippen molar-refractivity contribution < 1.29 is 14.3 Å². The van der Waals surface area contributed by atoms with Gasteiger partial charge >= 0.3 is 6.09 Å². The molecule has 120 valence electrons. The van der Waals surface area contributed by atoms with Crippen LogP contribution in [-0.2, 0) is 23.8 Å². The second kappa shape index (κ2) is 7.38. The number of hydrogen-bond acceptors (Lipinski definition) is 3. The van der Waals surface area contributed by atoms with Gasteiger partial charge in [0.05, 0.1) is 13.1 Å². The fourth-order valence-electron chi connectivity index (χ4n) is 2.50. The smallest absolute Gasteiger partial charge is 0.410 e. The Morgan fingerprint density at radius 2 is 2.00 bits per heavy atom. The van der Waals surface area contributed by atoms with E-state index in [9.17, 15) is 4.79 Å². The van der Waals surface area contributed by atoms with Crippen LogP contribution < -0.4 is 4.74 Å². The summed E-state index contributed by atoms with van der Waals surface area (Å²) in [6.07, 6.45) is -0.332. The van der Waals surface area contributed by atoms with Gasteiger partial charge in [-0.25, -0.2) is 4.79 Å². The third kappa shape index (κ3) is 3.96. The summed E-state index contributed by atoms with van der Waals surface area (Å²) in [5.41, 5.74) is 2.93. The Bertz CT molecular complexity index is 675. The van der Waals surface area contributed by atoms with Crippen molar-refractivity contribution in [2.75, 3.05) is 13.2 Å². The SMILES string of the molecule is O=C(OCc1ccccc1)N1CCOc2ccc(CCl)cc2C1. The number of ether oxygens (including phenoxy) is 2. The normalized spacial score (nSPS) is 13.7. The Labute approximate surface area is 140 Å². The van der Waals surface area contributed by atoms with Gasteiger partial charge in [0.2, 0.25) is 0 Å². The minimum absolute atomic E-state index is 0.269. The molecule has 0 saturated heterocycles. The molecule has 5 heteroatoms. The maximum atomic E-state index is 12.3. The van der Waals surface area contributed by atoms with Gasteiger partial charge in [0, 0.05) is 11.4 Å². The van der Waals surface area contributed by atoms with Gasteiger partial charge < -0.3 is 14.4 Å². The van der Waals surface area contributed by atoms with Gasteiger partial charge in [0.15, 0.2) is 0 Å². The quantitative estimate of drug-likeness (QED) is 0.799. The molecule has 0 aromatic heterocycles. The summed E-state index contributed by atoms with van der Waals surface area (Å²) in [5, 5.41) is 0. The summed E-state index contributed by atoms with van der Waals surface area (Å²) < 4.78 is 11.1. The summed E-state index contributed by atoms with van der Waals surface area (Å²) in [6.45, 7) is 1.69. The topological polar surface area (TPSA) is 38.8 Å². The van der Waals surface area contributed by atoms with Crippen molar-refractivity contribution >= 4 is 17.7 Å². The molecule has 0 N–H and O–H groups in total. The van der Waals surface area contributed by atoms with Gasteiger partial charge in [-0.05, 0) is 23.3 Å². The van der Waals surface area contributed by atoms with Crippen molar-refractivity contribution in [2.45, 2.75) is 19.0 Å². The van der Waals surface area contributed by atoms with Gasteiger partial charge in [0.1, 0.15) is 19.0 Å². The first kappa shape index (κ1) is 15.7. The number of nitrogens with zero attached hydrogens (tertiary/aromatic N) is 1. The van der Waals surface area contributed by atoms with E-state index in [1.807, 2.05) is 48.5 Å². The van der Waals surface area contributed by atoms with Crippen LogP contribution in [0.5, 0.6) is 5.75 Å². The molecule has 0 bridgehead atoms. The summed E-state index contributed by atoms with van der Waals surface area (Å²) >= 11 is 5.88. The molecule has 0 aliphatic carbocycles. The van der Waals surface area contributed by atoms with E-state index >= 15 is 0 Å². The summed E-state index contributed by atoms with van der Waals surface area (Å²) in [6, 6.07) is 15.5. The fraction of sp³-hybridized carbons (Fsp3) is 0.278. The first-order valence-corrected chi connectivity index (χ1v) is 8.06. The van der Waals surface area contributed by atoms with Crippen LogP contribution in [0.4, 0.5) is 4.79 Å². The third-order valence-electron chi connectivity index (χ3n) is 3.72. The molecule has 2 aromatic rings. The van der Waals surface area contributed by atoms with Crippen LogP contribution in [0.15, 0.2) is 48.5 Å². The molecule has 0 fully saturated rings. The van der Waals surface area contributed by atoms with E-state index in [2.05, 4.69) is 0 Å². The molecule has 3 rings (SSSR count). The van der Waals surface area contributed by atoms with Gasteiger partial charge in [0.25, 0.3) is 0 Å². The molecule has 0 radical (unpaired) electrons. The van der Waals surface area contributed by atoms with Gasteiger partial charge in [-0.3, -0.25) is 0 Å². The van der Waals surface area contributed by atoms with E-state index in [1.54, 1.807) is 4.90 Å². The lowest BCUT2D eigenvalue weighted by Crippen LogP contribution is -2.32. The third-order valence-corrected chi connectivity index (χ3v) is 4.03. The number of carbonyl (C=O) groups excluding carboxylic acids is 1. The van der Waals surface area contributed by atoms with E-state index in [0.29, 0.717) is 25.6 Å². The van der Waals surface area contributed by atoms with E-state index < -0.39 is 0 Å². The van der Waals surface area contributed by atoms with Crippen molar-refractivity contribution in [1.82, 2.24) is 4.90 Å². The average molecular weight is 332 g/mol. The molecule has 23 heavy (non-hydrogen) atoms. The Morgan fingerprint density at radius 1 is 1.17 bits per heavy atom. The van der Waals surface area contributed by atoms with Crippen LogP contribution >= 0.6 is 11.6 Å². The lowest BCUT2D eigenvalue weighted by atomic mass is 10.1. The second-order valence-corrected chi connectivity index (χ2v) is 5.65. The number of carbonyl (C=O) groups is 1. The minimum Gasteiger partial charge on any atom is -0.491 e. The Morgan fingerprint density at radius 3 is 2.78 bits per heavy atom.